The van der Waals surface area contributed by atoms with Gasteiger partial charge in [-0.15, -0.1) is 0 Å². The van der Waals surface area contributed by atoms with Crippen molar-refractivity contribution < 1.29 is 14.3 Å². The molecule has 0 radical (unpaired) electrons. The highest BCUT2D eigenvalue weighted by Gasteiger charge is 2.25. The fourth-order valence-corrected chi connectivity index (χ4v) is 2.13. The molecule has 1 unspecified atom stereocenters. The SMILES string of the molecule is CN(CC(=O)Nc1ccc(Br)cn1)C(=O)C1CNCCO1. The molecule has 1 fully saturated rings. The number of morpholine rings is 1. The van der Waals surface area contributed by atoms with E-state index in [1.54, 1.807) is 25.4 Å². The van der Waals surface area contributed by atoms with Gasteiger partial charge in [0.15, 0.2) is 0 Å². The Morgan fingerprint density at radius 3 is 3.00 bits per heavy atom. The van der Waals surface area contributed by atoms with Crippen LogP contribution >= 0.6 is 15.9 Å². The monoisotopic (exact) mass is 356 g/mol. The van der Waals surface area contributed by atoms with Gasteiger partial charge in [-0.1, -0.05) is 0 Å². The second kappa shape index (κ2) is 7.48. The molecule has 1 aromatic rings. The molecule has 1 aliphatic heterocycles. The van der Waals surface area contributed by atoms with Crippen LogP contribution in [0.2, 0.25) is 0 Å². The topological polar surface area (TPSA) is 83.6 Å². The molecule has 2 rings (SSSR count). The van der Waals surface area contributed by atoms with Crippen LogP contribution in [0.25, 0.3) is 0 Å². The van der Waals surface area contributed by atoms with Gasteiger partial charge >= 0.3 is 0 Å². The summed E-state index contributed by atoms with van der Waals surface area (Å²) in [4.78, 5) is 29.4. The minimum absolute atomic E-state index is 0.0452. The van der Waals surface area contributed by atoms with Crippen LogP contribution < -0.4 is 10.6 Å². The van der Waals surface area contributed by atoms with Crippen molar-refractivity contribution in [2.24, 2.45) is 0 Å². The number of ether oxygens (including phenoxy) is 1. The van der Waals surface area contributed by atoms with Gasteiger partial charge in [0, 0.05) is 30.8 Å². The van der Waals surface area contributed by atoms with Crippen molar-refractivity contribution in [3.8, 4) is 0 Å². The summed E-state index contributed by atoms with van der Waals surface area (Å²) >= 11 is 3.27. The minimum atomic E-state index is -0.526. The van der Waals surface area contributed by atoms with E-state index in [2.05, 4.69) is 31.5 Å². The number of anilines is 1. The van der Waals surface area contributed by atoms with Crippen molar-refractivity contribution in [3.05, 3.63) is 22.8 Å². The van der Waals surface area contributed by atoms with E-state index in [0.29, 0.717) is 19.0 Å². The number of hydrogen-bond donors (Lipinski definition) is 2. The third-order valence-electron chi connectivity index (χ3n) is 2.95. The molecular weight excluding hydrogens is 340 g/mol. The first-order valence-electron chi connectivity index (χ1n) is 6.55. The molecule has 1 aliphatic rings. The molecule has 2 N–H and O–H groups in total. The van der Waals surface area contributed by atoms with Crippen LogP contribution in [0.4, 0.5) is 5.82 Å². The average molecular weight is 357 g/mol. The molecule has 1 aromatic heterocycles. The van der Waals surface area contributed by atoms with Crippen molar-refractivity contribution in [3.63, 3.8) is 0 Å². The summed E-state index contributed by atoms with van der Waals surface area (Å²) in [5, 5.41) is 5.72. The maximum atomic E-state index is 12.1. The van der Waals surface area contributed by atoms with Crippen LogP contribution in [0.5, 0.6) is 0 Å². The first-order chi connectivity index (χ1) is 10.1. The van der Waals surface area contributed by atoms with Crippen LogP contribution in [0, 0.1) is 0 Å². The second-order valence-electron chi connectivity index (χ2n) is 4.67. The van der Waals surface area contributed by atoms with Gasteiger partial charge < -0.3 is 20.3 Å². The summed E-state index contributed by atoms with van der Waals surface area (Å²) in [5.41, 5.74) is 0. The zero-order chi connectivity index (χ0) is 15.2. The molecule has 0 bridgehead atoms. The molecule has 1 saturated heterocycles. The van der Waals surface area contributed by atoms with Crippen molar-refractivity contribution in [2.75, 3.05) is 38.6 Å². The van der Waals surface area contributed by atoms with Crippen LogP contribution in [-0.4, -0.2) is 61.1 Å². The summed E-state index contributed by atoms with van der Waals surface area (Å²) in [6.07, 6.45) is 1.06. The zero-order valence-electron chi connectivity index (χ0n) is 11.6. The molecular formula is C13H17BrN4O3. The lowest BCUT2D eigenvalue weighted by Gasteiger charge is -2.26. The number of nitrogens with zero attached hydrogens (tertiary/aromatic N) is 2. The first kappa shape index (κ1) is 15.9. The van der Waals surface area contributed by atoms with Crippen molar-refractivity contribution in [1.29, 1.82) is 0 Å². The maximum Gasteiger partial charge on any atom is 0.253 e. The summed E-state index contributed by atoms with van der Waals surface area (Å²) in [6.45, 7) is 1.66. The number of carbonyl (C=O) groups excluding carboxylic acids is 2. The molecule has 1 atom stereocenters. The molecule has 8 heteroatoms. The van der Waals surface area contributed by atoms with Gasteiger partial charge in [0.1, 0.15) is 11.9 Å². The van der Waals surface area contributed by atoms with E-state index in [4.69, 9.17) is 4.74 Å². The number of likely N-dealkylation sites (N-methyl/N-ethyl adjacent to an activating group) is 1. The number of aromatic nitrogens is 1. The quantitative estimate of drug-likeness (QED) is 0.806. The lowest BCUT2D eigenvalue weighted by Crippen LogP contribution is -2.49. The van der Waals surface area contributed by atoms with E-state index in [9.17, 15) is 9.59 Å². The Morgan fingerprint density at radius 2 is 2.38 bits per heavy atom. The third-order valence-corrected chi connectivity index (χ3v) is 3.42. The van der Waals surface area contributed by atoms with Gasteiger partial charge in [0.05, 0.1) is 13.2 Å². The van der Waals surface area contributed by atoms with Crippen LogP contribution in [0.3, 0.4) is 0 Å². The highest BCUT2D eigenvalue weighted by atomic mass is 79.9. The number of carbonyl (C=O) groups is 2. The molecule has 7 nitrogen and oxygen atoms in total. The van der Waals surface area contributed by atoms with Crippen molar-refractivity contribution in [2.45, 2.75) is 6.10 Å². The van der Waals surface area contributed by atoms with Crippen molar-refractivity contribution in [1.82, 2.24) is 15.2 Å². The van der Waals surface area contributed by atoms with Crippen LogP contribution in [-0.2, 0) is 14.3 Å². The molecule has 0 spiro atoms. The van der Waals surface area contributed by atoms with E-state index in [0.717, 1.165) is 11.0 Å². The molecule has 114 valence electrons. The van der Waals surface area contributed by atoms with Crippen LogP contribution in [0.1, 0.15) is 0 Å². The maximum absolute atomic E-state index is 12.1. The van der Waals surface area contributed by atoms with Gasteiger partial charge in [0.2, 0.25) is 5.91 Å². The smallest absolute Gasteiger partial charge is 0.253 e. The van der Waals surface area contributed by atoms with Crippen molar-refractivity contribution >= 4 is 33.6 Å². The summed E-state index contributed by atoms with van der Waals surface area (Å²) in [5.74, 6) is -0.0646. The predicted octanol–water partition coefficient (Wildman–Crippen LogP) is 0.229. The Morgan fingerprint density at radius 1 is 1.57 bits per heavy atom. The fourth-order valence-electron chi connectivity index (χ4n) is 1.90. The Bertz CT molecular complexity index is 503. The van der Waals surface area contributed by atoms with E-state index in [-0.39, 0.29) is 18.4 Å². The summed E-state index contributed by atoms with van der Waals surface area (Å²) in [6, 6.07) is 3.46. The number of pyridine rings is 1. The lowest BCUT2D eigenvalue weighted by atomic mass is 10.2. The Hall–Kier alpha value is -1.51. The molecule has 2 amide bonds. The molecule has 0 aliphatic carbocycles. The first-order valence-corrected chi connectivity index (χ1v) is 7.34. The number of rotatable bonds is 4. The van der Waals surface area contributed by atoms with Gasteiger partial charge in [0.25, 0.3) is 5.91 Å². The van der Waals surface area contributed by atoms with E-state index >= 15 is 0 Å². The summed E-state index contributed by atoms with van der Waals surface area (Å²) < 4.78 is 6.20. The number of nitrogens with one attached hydrogen (secondary N) is 2. The Labute approximate surface area is 131 Å². The summed E-state index contributed by atoms with van der Waals surface area (Å²) in [7, 11) is 1.58. The minimum Gasteiger partial charge on any atom is -0.366 e. The zero-order valence-corrected chi connectivity index (χ0v) is 13.2. The fraction of sp³-hybridized carbons (Fsp3) is 0.462. The van der Waals surface area contributed by atoms with Crippen LogP contribution in [0.15, 0.2) is 22.8 Å². The van der Waals surface area contributed by atoms with E-state index in [1.807, 2.05) is 0 Å². The number of amides is 2. The Balaban J connectivity index is 1.83. The number of hydrogen-bond acceptors (Lipinski definition) is 5. The third kappa shape index (κ3) is 4.76. The predicted molar refractivity (Wildman–Crippen MR) is 80.8 cm³/mol. The average Bonchev–Trinajstić information content (AvgIpc) is 2.49. The number of halogens is 1. The standard InChI is InChI=1S/C13H17BrN4O3/c1-18(13(20)10-7-15-4-5-21-10)8-12(19)17-11-3-2-9(14)6-16-11/h2-3,6,10,15H,4-5,7-8H2,1H3,(H,16,17,19). The van der Waals surface area contributed by atoms with E-state index < -0.39 is 6.10 Å². The van der Waals surface area contributed by atoms with E-state index in [1.165, 1.54) is 4.90 Å². The normalized spacial score (nSPS) is 18.1. The molecule has 0 aromatic carbocycles. The molecule has 0 saturated carbocycles. The van der Waals surface area contributed by atoms with Gasteiger partial charge in [-0.2, -0.15) is 0 Å². The molecule has 21 heavy (non-hydrogen) atoms. The Kier molecular flexibility index (Phi) is 5.66. The molecule has 2 heterocycles. The highest BCUT2D eigenvalue weighted by molar-refractivity contribution is 9.10. The highest BCUT2D eigenvalue weighted by Crippen LogP contribution is 2.10. The van der Waals surface area contributed by atoms with Gasteiger partial charge in [-0.05, 0) is 28.1 Å². The lowest BCUT2D eigenvalue weighted by molar-refractivity contribution is -0.145. The second-order valence-corrected chi connectivity index (χ2v) is 5.58. The van der Waals surface area contributed by atoms with Gasteiger partial charge in [-0.3, -0.25) is 9.59 Å². The largest absolute Gasteiger partial charge is 0.366 e. The van der Waals surface area contributed by atoms with Gasteiger partial charge in [-0.25, -0.2) is 4.98 Å².